The molecule has 2 N–H and O–H groups in total. The third-order valence-electron chi connectivity index (χ3n) is 4.37. The number of carbonyl (C=O) groups is 2. The van der Waals surface area contributed by atoms with Gasteiger partial charge in [-0.25, -0.2) is 0 Å². The molecule has 0 aromatic rings. The van der Waals surface area contributed by atoms with Gasteiger partial charge in [-0.1, -0.05) is 46.0 Å². The summed E-state index contributed by atoms with van der Waals surface area (Å²) in [5.41, 5.74) is 0. The Balaban J connectivity index is 3.95. The first kappa shape index (κ1) is 21.1. The molecule has 0 saturated carbocycles. The lowest BCUT2D eigenvalue weighted by Crippen LogP contribution is -2.45. The summed E-state index contributed by atoms with van der Waals surface area (Å²) in [5, 5.41) is 6.03. The van der Waals surface area contributed by atoms with Crippen LogP contribution in [0.3, 0.4) is 0 Å². The predicted octanol–water partition coefficient (Wildman–Crippen LogP) is 3.44. The van der Waals surface area contributed by atoms with Crippen molar-refractivity contribution in [1.29, 1.82) is 0 Å². The van der Waals surface area contributed by atoms with Crippen LogP contribution in [0.15, 0.2) is 0 Å². The topological polar surface area (TPSA) is 58.2 Å². The SMILES string of the molecule is CCCCCCC(C=O)CCC[C@@H](CC)N[C@@H](C)C(=O)NC. The Morgan fingerprint density at radius 1 is 1.05 bits per heavy atom. The Morgan fingerprint density at radius 3 is 2.27 bits per heavy atom. The predicted molar refractivity (Wildman–Crippen MR) is 92.9 cm³/mol. The zero-order chi connectivity index (χ0) is 16.8. The van der Waals surface area contributed by atoms with E-state index in [0.29, 0.717) is 6.04 Å². The number of unbranched alkanes of at least 4 members (excludes halogenated alkanes) is 3. The molecule has 130 valence electrons. The van der Waals surface area contributed by atoms with Gasteiger partial charge in [0.2, 0.25) is 5.91 Å². The van der Waals surface area contributed by atoms with Crippen molar-refractivity contribution in [3.63, 3.8) is 0 Å². The van der Waals surface area contributed by atoms with Crippen molar-refractivity contribution in [2.75, 3.05) is 7.05 Å². The van der Waals surface area contributed by atoms with Crippen molar-refractivity contribution < 1.29 is 9.59 Å². The highest BCUT2D eigenvalue weighted by atomic mass is 16.2. The van der Waals surface area contributed by atoms with E-state index in [2.05, 4.69) is 24.5 Å². The van der Waals surface area contributed by atoms with E-state index in [-0.39, 0.29) is 17.9 Å². The van der Waals surface area contributed by atoms with Gasteiger partial charge in [0.15, 0.2) is 0 Å². The van der Waals surface area contributed by atoms with Gasteiger partial charge in [-0.05, 0) is 32.6 Å². The highest BCUT2D eigenvalue weighted by Crippen LogP contribution is 2.17. The van der Waals surface area contributed by atoms with Gasteiger partial charge < -0.3 is 15.4 Å². The van der Waals surface area contributed by atoms with Gasteiger partial charge in [0, 0.05) is 19.0 Å². The third kappa shape index (κ3) is 9.93. The highest BCUT2D eigenvalue weighted by Gasteiger charge is 2.16. The molecule has 0 rings (SSSR count). The second-order valence-corrected chi connectivity index (χ2v) is 6.28. The fraction of sp³-hybridized carbons (Fsp3) is 0.889. The minimum Gasteiger partial charge on any atom is -0.358 e. The maximum absolute atomic E-state index is 11.5. The van der Waals surface area contributed by atoms with Crippen molar-refractivity contribution in [2.24, 2.45) is 5.92 Å². The van der Waals surface area contributed by atoms with Gasteiger partial charge in [-0.15, -0.1) is 0 Å². The summed E-state index contributed by atoms with van der Waals surface area (Å²) in [6, 6.07) is 0.186. The van der Waals surface area contributed by atoms with E-state index in [4.69, 9.17) is 0 Å². The van der Waals surface area contributed by atoms with Crippen LogP contribution < -0.4 is 10.6 Å². The maximum atomic E-state index is 11.5. The Kier molecular flexibility index (Phi) is 13.2. The average Bonchev–Trinajstić information content (AvgIpc) is 2.54. The van der Waals surface area contributed by atoms with E-state index in [1.807, 2.05) is 6.92 Å². The minimum absolute atomic E-state index is 0.0279. The molecule has 0 bridgehead atoms. The van der Waals surface area contributed by atoms with Crippen molar-refractivity contribution >= 4 is 12.2 Å². The highest BCUT2D eigenvalue weighted by molar-refractivity contribution is 5.80. The van der Waals surface area contributed by atoms with Crippen LogP contribution >= 0.6 is 0 Å². The van der Waals surface area contributed by atoms with E-state index in [0.717, 1.165) is 38.4 Å². The van der Waals surface area contributed by atoms with Crippen molar-refractivity contribution in [3.05, 3.63) is 0 Å². The zero-order valence-electron chi connectivity index (χ0n) is 15.0. The molecule has 0 radical (unpaired) electrons. The molecule has 0 aliphatic carbocycles. The van der Waals surface area contributed by atoms with Gasteiger partial charge >= 0.3 is 0 Å². The fourth-order valence-electron chi connectivity index (χ4n) is 2.79. The van der Waals surface area contributed by atoms with E-state index in [1.54, 1.807) is 7.05 Å². The first-order valence-corrected chi connectivity index (χ1v) is 9.01. The third-order valence-corrected chi connectivity index (χ3v) is 4.37. The lowest BCUT2D eigenvalue weighted by molar-refractivity contribution is -0.122. The second kappa shape index (κ2) is 13.7. The summed E-state index contributed by atoms with van der Waals surface area (Å²) >= 11 is 0. The lowest BCUT2D eigenvalue weighted by atomic mass is 9.94. The van der Waals surface area contributed by atoms with Gasteiger partial charge in [0.25, 0.3) is 0 Å². The Morgan fingerprint density at radius 2 is 1.73 bits per heavy atom. The first-order chi connectivity index (χ1) is 10.6. The van der Waals surface area contributed by atoms with E-state index >= 15 is 0 Å². The molecule has 0 aliphatic rings. The molecule has 0 saturated heterocycles. The number of aldehydes is 1. The normalized spacial score (nSPS) is 15.1. The Labute approximate surface area is 136 Å². The number of likely N-dealkylation sites (N-methyl/N-ethyl adjacent to an activating group) is 1. The zero-order valence-corrected chi connectivity index (χ0v) is 15.0. The number of nitrogens with one attached hydrogen (secondary N) is 2. The number of amides is 1. The van der Waals surface area contributed by atoms with Crippen molar-refractivity contribution in [1.82, 2.24) is 10.6 Å². The van der Waals surface area contributed by atoms with Gasteiger partial charge in [-0.3, -0.25) is 4.79 Å². The monoisotopic (exact) mass is 312 g/mol. The van der Waals surface area contributed by atoms with E-state index < -0.39 is 0 Å². The van der Waals surface area contributed by atoms with Crippen LogP contribution in [0, 0.1) is 5.92 Å². The summed E-state index contributed by atoms with van der Waals surface area (Å²) in [5.74, 6) is 0.242. The van der Waals surface area contributed by atoms with Crippen LogP contribution in [0.2, 0.25) is 0 Å². The molecular formula is C18H36N2O2. The number of hydrogen-bond acceptors (Lipinski definition) is 3. The molecule has 0 aliphatic heterocycles. The summed E-state index contributed by atoms with van der Waals surface area (Å²) < 4.78 is 0. The molecule has 4 heteroatoms. The molecular weight excluding hydrogens is 276 g/mol. The van der Waals surface area contributed by atoms with Gasteiger partial charge in [0.05, 0.1) is 6.04 Å². The quantitative estimate of drug-likeness (QED) is 0.381. The van der Waals surface area contributed by atoms with Crippen LogP contribution in [0.25, 0.3) is 0 Å². The molecule has 1 unspecified atom stereocenters. The number of hydrogen-bond donors (Lipinski definition) is 2. The standard InChI is InChI=1S/C18H36N2O2/c1-5-7-8-9-11-16(14-21)12-10-13-17(6-2)20-15(3)18(22)19-4/h14-17,20H,5-13H2,1-4H3,(H,19,22)/t15-,16?,17+/m0/s1. The molecule has 4 nitrogen and oxygen atoms in total. The Bertz CT molecular complexity index is 295. The fourth-order valence-corrected chi connectivity index (χ4v) is 2.79. The van der Waals surface area contributed by atoms with Crippen molar-refractivity contribution in [2.45, 2.75) is 90.6 Å². The number of rotatable bonds is 14. The van der Waals surface area contributed by atoms with Crippen LogP contribution in [-0.4, -0.2) is 31.3 Å². The van der Waals surface area contributed by atoms with Crippen LogP contribution in [-0.2, 0) is 9.59 Å². The van der Waals surface area contributed by atoms with Crippen LogP contribution in [0.5, 0.6) is 0 Å². The molecule has 0 spiro atoms. The maximum Gasteiger partial charge on any atom is 0.236 e. The number of carbonyl (C=O) groups excluding carboxylic acids is 2. The van der Waals surface area contributed by atoms with Gasteiger partial charge in [-0.2, -0.15) is 0 Å². The molecule has 3 atom stereocenters. The minimum atomic E-state index is -0.161. The second-order valence-electron chi connectivity index (χ2n) is 6.28. The Hall–Kier alpha value is -0.900. The smallest absolute Gasteiger partial charge is 0.236 e. The molecule has 0 heterocycles. The first-order valence-electron chi connectivity index (χ1n) is 9.01. The molecule has 0 fully saturated rings. The lowest BCUT2D eigenvalue weighted by Gasteiger charge is -2.21. The van der Waals surface area contributed by atoms with Crippen LogP contribution in [0.1, 0.15) is 78.6 Å². The summed E-state index contributed by atoms with van der Waals surface area (Å²) in [6.45, 7) is 6.23. The van der Waals surface area contributed by atoms with E-state index in [9.17, 15) is 9.59 Å². The summed E-state index contributed by atoms with van der Waals surface area (Å²) in [4.78, 5) is 22.7. The average molecular weight is 312 g/mol. The molecule has 0 aromatic carbocycles. The van der Waals surface area contributed by atoms with Crippen LogP contribution in [0.4, 0.5) is 0 Å². The van der Waals surface area contributed by atoms with E-state index in [1.165, 1.54) is 25.7 Å². The van der Waals surface area contributed by atoms with Gasteiger partial charge in [0.1, 0.15) is 6.29 Å². The summed E-state index contributed by atoms with van der Waals surface area (Å²) in [6.07, 6.45) is 11.1. The molecule has 22 heavy (non-hydrogen) atoms. The largest absolute Gasteiger partial charge is 0.358 e. The molecule has 1 amide bonds. The van der Waals surface area contributed by atoms with Crippen molar-refractivity contribution in [3.8, 4) is 0 Å². The summed E-state index contributed by atoms with van der Waals surface area (Å²) in [7, 11) is 1.66. The molecule has 0 aromatic heterocycles.